The number of imide groups is 1. The Morgan fingerprint density at radius 3 is 2.29 bits per heavy atom. The molecule has 15 heteroatoms. The minimum absolute atomic E-state index is 0.00260. The molecule has 3 aromatic rings. The molecule has 0 spiro atoms. The summed E-state index contributed by atoms with van der Waals surface area (Å²) in [6.07, 6.45) is 10.4. The van der Waals surface area contributed by atoms with E-state index in [9.17, 15) is 28.7 Å². The molecule has 1 aromatic heterocycles. The second-order valence-electron chi connectivity index (χ2n) is 17.1. The van der Waals surface area contributed by atoms with E-state index in [0.29, 0.717) is 53.8 Å². The Morgan fingerprint density at radius 1 is 0.814 bits per heavy atom. The van der Waals surface area contributed by atoms with Crippen molar-refractivity contribution in [3.63, 3.8) is 0 Å². The van der Waals surface area contributed by atoms with Crippen LogP contribution in [0.3, 0.4) is 0 Å². The van der Waals surface area contributed by atoms with Crippen molar-refractivity contribution in [1.82, 2.24) is 30.4 Å². The third-order valence-electron chi connectivity index (χ3n) is 13.1. The maximum atomic E-state index is 15.3. The number of hydrogen-bond donors (Lipinski definition) is 5. The van der Waals surface area contributed by atoms with Gasteiger partial charge in [0, 0.05) is 60.4 Å². The van der Waals surface area contributed by atoms with Crippen molar-refractivity contribution in [2.75, 3.05) is 36.8 Å². The molecule has 4 amide bonds. The fourth-order valence-electron chi connectivity index (χ4n) is 9.69. The molecular formula is C44H54F2N8O5. The lowest BCUT2D eigenvalue weighted by atomic mass is 9.82. The summed E-state index contributed by atoms with van der Waals surface area (Å²) in [6, 6.07) is 11.9. The number of anilines is 2. The number of piperidine rings is 2. The summed E-state index contributed by atoms with van der Waals surface area (Å²) in [4.78, 5) is 62.7. The minimum Gasteiger partial charge on any atom is -0.391 e. The van der Waals surface area contributed by atoms with Gasteiger partial charge in [0.15, 0.2) is 5.82 Å². The van der Waals surface area contributed by atoms with Crippen molar-refractivity contribution in [3.05, 3.63) is 71.4 Å². The number of nitrogens with zero attached hydrogens (tertiary/aromatic N) is 4. The van der Waals surface area contributed by atoms with Crippen molar-refractivity contribution in [2.45, 2.75) is 120 Å². The smallest absolute Gasteiger partial charge is 0.253 e. The number of hydrogen-bond acceptors (Lipinski definition) is 10. The number of carbonyl (C=O) groups excluding carboxylic acids is 4. The number of halogens is 2. The number of amides is 4. The summed E-state index contributed by atoms with van der Waals surface area (Å²) >= 11 is 0. The summed E-state index contributed by atoms with van der Waals surface area (Å²) in [7, 11) is 0. The highest BCUT2D eigenvalue weighted by Crippen LogP contribution is 2.36. The molecule has 2 atom stereocenters. The number of aliphatic hydroxyl groups excluding tert-OH is 1. The zero-order valence-electron chi connectivity index (χ0n) is 33.3. The molecule has 0 bridgehead atoms. The van der Waals surface area contributed by atoms with Crippen LogP contribution in [-0.2, 0) is 14.4 Å². The van der Waals surface area contributed by atoms with Crippen molar-refractivity contribution < 1.29 is 33.1 Å². The number of aliphatic hydroxyl groups is 1. The summed E-state index contributed by atoms with van der Waals surface area (Å²) in [6.45, 7) is 2.55. The monoisotopic (exact) mass is 812 g/mol. The topological polar surface area (TPSA) is 169 Å². The third kappa shape index (κ3) is 9.73. The lowest BCUT2D eigenvalue weighted by molar-refractivity contribution is -0.133. The molecule has 5 N–H and O–H groups in total. The van der Waals surface area contributed by atoms with Gasteiger partial charge in [-0.05, 0) is 126 Å². The molecule has 8 rings (SSSR count). The lowest BCUT2D eigenvalue weighted by Crippen LogP contribution is -2.47. The van der Waals surface area contributed by atoms with Crippen molar-refractivity contribution >= 4 is 35.3 Å². The largest absolute Gasteiger partial charge is 0.391 e. The normalized spacial score (nSPS) is 26.9. The lowest BCUT2D eigenvalue weighted by Gasteiger charge is -2.41. The zero-order valence-corrected chi connectivity index (χ0v) is 33.3. The summed E-state index contributed by atoms with van der Waals surface area (Å²) in [5, 5.41) is 21.9. The molecule has 59 heavy (non-hydrogen) atoms. The average molecular weight is 813 g/mol. The summed E-state index contributed by atoms with van der Waals surface area (Å²) in [5.74, 6) is -1.14. The van der Waals surface area contributed by atoms with Crippen LogP contribution in [0.5, 0.6) is 0 Å². The predicted molar refractivity (Wildman–Crippen MR) is 217 cm³/mol. The maximum absolute atomic E-state index is 15.3. The van der Waals surface area contributed by atoms with Crippen LogP contribution < -0.4 is 21.3 Å². The van der Waals surface area contributed by atoms with Gasteiger partial charge < -0.3 is 30.9 Å². The van der Waals surface area contributed by atoms with Crippen LogP contribution in [0.25, 0.3) is 11.3 Å². The van der Waals surface area contributed by atoms with Gasteiger partial charge >= 0.3 is 0 Å². The summed E-state index contributed by atoms with van der Waals surface area (Å²) < 4.78 is 30.2. The van der Waals surface area contributed by atoms with Gasteiger partial charge in [0.2, 0.25) is 23.7 Å². The molecule has 1 unspecified atom stereocenters. The van der Waals surface area contributed by atoms with E-state index in [1.54, 1.807) is 29.2 Å². The van der Waals surface area contributed by atoms with Gasteiger partial charge in [-0.15, -0.1) is 0 Å². The van der Waals surface area contributed by atoms with E-state index in [-0.39, 0.29) is 72.0 Å². The minimum atomic E-state index is -0.583. The number of carbonyl (C=O) groups is 4. The molecule has 0 radical (unpaired) electrons. The van der Waals surface area contributed by atoms with E-state index < -0.39 is 18.0 Å². The van der Waals surface area contributed by atoms with Gasteiger partial charge in [-0.3, -0.25) is 24.5 Å². The van der Waals surface area contributed by atoms with E-state index in [0.717, 1.165) is 83.5 Å². The van der Waals surface area contributed by atoms with Crippen LogP contribution in [-0.4, -0.2) is 105 Å². The first-order chi connectivity index (χ1) is 28.6. The molecule has 4 heterocycles. The van der Waals surface area contributed by atoms with Gasteiger partial charge in [0.05, 0.1) is 12.3 Å². The van der Waals surface area contributed by atoms with Crippen molar-refractivity contribution in [3.8, 4) is 11.3 Å². The molecule has 2 aliphatic carbocycles. The first-order valence-electron chi connectivity index (χ1n) is 21.4. The molecule has 2 saturated carbocycles. The summed E-state index contributed by atoms with van der Waals surface area (Å²) in [5.41, 5.74) is 2.24. The average Bonchev–Trinajstić information content (AvgIpc) is 3.69. The van der Waals surface area contributed by atoms with Crippen molar-refractivity contribution in [2.24, 2.45) is 5.92 Å². The molecule has 13 nitrogen and oxygen atoms in total. The fourth-order valence-corrected chi connectivity index (χ4v) is 9.69. The Bertz CT molecular complexity index is 2030. The molecule has 5 aliphatic rings. The van der Waals surface area contributed by atoms with E-state index in [1.807, 2.05) is 12.1 Å². The number of nitrogens with one attached hydrogen (secondary N) is 4. The Labute approximate surface area is 343 Å². The number of β-amino-alcohol motifs (C(OH)–C–C–N with tert-alkyl or cyclic N) is 1. The molecule has 3 saturated heterocycles. The number of rotatable bonds is 10. The van der Waals surface area contributed by atoms with Gasteiger partial charge in [-0.2, -0.15) is 0 Å². The Kier molecular flexibility index (Phi) is 12.5. The highest BCUT2D eigenvalue weighted by molar-refractivity contribution is 6.01. The standard InChI is InChI=1S/C44H54F2N8O5/c45-36-23-32(48-38-14-15-39(56)51-42(38)58)10-13-35(36)26-16-19-53(20-17-26)33-11-4-27(5-12-33)41(57)49-30-6-8-31(9-7-30)50-44-47-24-37(46)40(52-44)28-2-1-3-29(22-28)43(59)54-21-18-34(55)25-54/h1-3,10,13,22-24,26-27,30-31,33-34,38,48,55H,4-9,11-12,14-21,25H2,(H,49,57)(H,47,50,52)(H,51,56,58)/t27?,30?,31?,33?,34-,38?/m0/s1. The van der Waals surface area contributed by atoms with E-state index in [4.69, 9.17) is 0 Å². The molecule has 2 aromatic carbocycles. The quantitative estimate of drug-likeness (QED) is 0.173. The Balaban J connectivity index is 0.752. The number of likely N-dealkylation sites (tertiary alicyclic amines) is 2. The van der Waals surface area contributed by atoms with Crippen LogP contribution in [0.15, 0.2) is 48.7 Å². The van der Waals surface area contributed by atoms with Crippen LogP contribution >= 0.6 is 0 Å². The zero-order chi connectivity index (χ0) is 41.0. The van der Waals surface area contributed by atoms with E-state index in [2.05, 4.69) is 36.1 Å². The number of aromatic nitrogens is 2. The number of benzene rings is 2. The fraction of sp³-hybridized carbons (Fsp3) is 0.545. The Hall–Kier alpha value is -5.02. The predicted octanol–water partition coefficient (Wildman–Crippen LogP) is 5.12. The molecule has 3 aliphatic heterocycles. The van der Waals surface area contributed by atoms with Crippen LogP contribution in [0, 0.1) is 17.6 Å². The van der Waals surface area contributed by atoms with Gasteiger partial charge in [-0.1, -0.05) is 18.2 Å². The van der Waals surface area contributed by atoms with E-state index in [1.165, 1.54) is 6.07 Å². The highest BCUT2D eigenvalue weighted by Gasteiger charge is 2.34. The SMILES string of the molecule is O=C1CCC(Nc2ccc(C3CCN(C4CCC(C(=O)NC5CCC(Nc6ncc(F)c(-c7cccc(C(=O)N8CC[C@H](O)C8)c7)n6)CC5)CC4)CC3)c(F)c2)C(=O)N1. The molecule has 314 valence electrons. The van der Waals surface area contributed by atoms with Gasteiger partial charge in [0.25, 0.3) is 5.91 Å². The third-order valence-corrected chi connectivity index (χ3v) is 13.1. The second-order valence-corrected chi connectivity index (χ2v) is 17.1. The highest BCUT2D eigenvalue weighted by atomic mass is 19.1. The van der Waals surface area contributed by atoms with Crippen molar-refractivity contribution in [1.29, 1.82) is 0 Å². The van der Waals surface area contributed by atoms with Gasteiger partial charge in [0.1, 0.15) is 17.6 Å². The van der Waals surface area contributed by atoms with Crippen LogP contribution in [0.1, 0.15) is 105 Å². The van der Waals surface area contributed by atoms with Crippen LogP contribution in [0.2, 0.25) is 0 Å². The first kappa shape index (κ1) is 40.7. The van der Waals surface area contributed by atoms with Crippen LogP contribution in [0.4, 0.5) is 20.4 Å². The van der Waals surface area contributed by atoms with E-state index >= 15 is 4.39 Å². The van der Waals surface area contributed by atoms with Gasteiger partial charge in [-0.25, -0.2) is 18.7 Å². The maximum Gasteiger partial charge on any atom is 0.253 e. The Morgan fingerprint density at radius 2 is 1.58 bits per heavy atom. The second kappa shape index (κ2) is 18.1. The first-order valence-corrected chi connectivity index (χ1v) is 21.4. The molecule has 5 fully saturated rings. The molecular weight excluding hydrogens is 759 g/mol.